The minimum atomic E-state index is 0.779. The van der Waals surface area contributed by atoms with Crippen LogP contribution in [0.3, 0.4) is 0 Å². The quantitative estimate of drug-likeness (QED) is 0.383. The number of allylic oxidation sites excluding steroid dienone is 2. The van der Waals surface area contributed by atoms with Gasteiger partial charge in [0.2, 0.25) is 0 Å². The van der Waals surface area contributed by atoms with E-state index in [2.05, 4.69) is 24.0 Å². The molecular weight excluding hydrogens is 174 g/mol. The van der Waals surface area contributed by atoms with Crippen LogP contribution >= 0.6 is 0 Å². The Morgan fingerprint density at radius 1 is 1.50 bits per heavy atom. The molecule has 0 spiro atoms. The van der Waals surface area contributed by atoms with E-state index in [0.29, 0.717) is 0 Å². The van der Waals surface area contributed by atoms with Crippen molar-refractivity contribution in [1.82, 2.24) is 5.32 Å². The molecule has 0 radical (unpaired) electrons. The van der Waals surface area contributed by atoms with Crippen molar-refractivity contribution in [3.05, 3.63) is 25.0 Å². The lowest BCUT2D eigenvalue weighted by Gasteiger charge is -2.17. The van der Waals surface area contributed by atoms with E-state index in [1.807, 2.05) is 0 Å². The van der Waals surface area contributed by atoms with Crippen LogP contribution in [0, 0.1) is 5.92 Å². The summed E-state index contributed by atoms with van der Waals surface area (Å²) in [6, 6.07) is 0. The SMILES string of the molecule is C=COCCCNCC1CC=CCC1. The number of hydrogen-bond acceptors (Lipinski definition) is 2. The lowest BCUT2D eigenvalue weighted by Crippen LogP contribution is -2.25. The van der Waals surface area contributed by atoms with E-state index in [-0.39, 0.29) is 0 Å². The maximum atomic E-state index is 5.04. The number of nitrogens with one attached hydrogen (secondary N) is 1. The van der Waals surface area contributed by atoms with E-state index < -0.39 is 0 Å². The van der Waals surface area contributed by atoms with E-state index in [1.165, 1.54) is 25.5 Å². The second kappa shape index (κ2) is 7.63. The molecule has 2 heteroatoms. The fraction of sp³-hybridized carbons (Fsp3) is 0.667. The molecule has 0 aliphatic heterocycles. The molecule has 1 N–H and O–H groups in total. The van der Waals surface area contributed by atoms with E-state index in [9.17, 15) is 0 Å². The minimum Gasteiger partial charge on any atom is -0.502 e. The average Bonchev–Trinajstić information content (AvgIpc) is 2.25. The van der Waals surface area contributed by atoms with Crippen molar-refractivity contribution in [1.29, 1.82) is 0 Å². The van der Waals surface area contributed by atoms with E-state index in [4.69, 9.17) is 4.74 Å². The van der Waals surface area contributed by atoms with Gasteiger partial charge in [0, 0.05) is 0 Å². The molecule has 14 heavy (non-hydrogen) atoms. The van der Waals surface area contributed by atoms with Crippen molar-refractivity contribution in [2.45, 2.75) is 25.7 Å². The van der Waals surface area contributed by atoms with Crippen LogP contribution in [-0.2, 0) is 4.74 Å². The van der Waals surface area contributed by atoms with E-state index in [1.54, 1.807) is 0 Å². The summed E-state index contributed by atoms with van der Waals surface area (Å²) in [6.45, 7) is 6.48. The molecule has 1 atom stereocenters. The molecule has 1 aliphatic carbocycles. The van der Waals surface area contributed by atoms with Gasteiger partial charge in [-0.3, -0.25) is 0 Å². The maximum absolute atomic E-state index is 5.04. The van der Waals surface area contributed by atoms with Crippen LogP contribution in [0.2, 0.25) is 0 Å². The van der Waals surface area contributed by atoms with Crippen LogP contribution in [0.25, 0.3) is 0 Å². The normalized spacial score (nSPS) is 20.7. The summed E-state index contributed by atoms with van der Waals surface area (Å²) < 4.78 is 5.04. The molecule has 0 saturated heterocycles. The summed E-state index contributed by atoms with van der Waals surface area (Å²) in [5.74, 6) is 0.848. The molecule has 0 bridgehead atoms. The molecule has 1 rings (SSSR count). The highest BCUT2D eigenvalue weighted by molar-refractivity contribution is 4.90. The van der Waals surface area contributed by atoms with Crippen molar-refractivity contribution in [3.8, 4) is 0 Å². The maximum Gasteiger partial charge on any atom is 0.0885 e. The Hall–Kier alpha value is -0.760. The summed E-state index contributed by atoms with van der Waals surface area (Å²) in [5.41, 5.74) is 0. The zero-order chi connectivity index (χ0) is 10.1. The van der Waals surface area contributed by atoms with Gasteiger partial charge >= 0.3 is 0 Å². The topological polar surface area (TPSA) is 21.3 Å². The predicted molar refractivity (Wildman–Crippen MR) is 60.1 cm³/mol. The van der Waals surface area contributed by atoms with Gasteiger partial charge in [0.25, 0.3) is 0 Å². The van der Waals surface area contributed by atoms with Crippen LogP contribution in [0.4, 0.5) is 0 Å². The first-order chi connectivity index (χ1) is 6.93. The highest BCUT2D eigenvalue weighted by Gasteiger charge is 2.08. The second-order valence-electron chi connectivity index (χ2n) is 3.75. The van der Waals surface area contributed by atoms with Crippen molar-refractivity contribution >= 4 is 0 Å². The number of rotatable bonds is 7. The Bertz CT molecular complexity index is 177. The standard InChI is InChI=1S/C12H21NO/c1-2-14-10-6-9-13-11-12-7-4-3-5-8-12/h2-4,12-13H,1,5-11H2. The molecule has 2 nitrogen and oxygen atoms in total. The molecule has 0 aromatic carbocycles. The first-order valence-electron chi connectivity index (χ1n) is 5.51. The van der Waals surface area contributed by atoms with Crippen LogP contribution in [0.15, 0.2) is 25.0 Å². The molecule has 1 unspecified atom stereocenters. The fourth-order valence-corrected chi connectivity index (χ4v) is 1.71. The molecule has 0 saturated carbocycles. The Balaban J connectivity index is 1.88. The summed E-state index contributed by atoms with van der Waals surface area (Å²) >= 11 is 0. The van der Waals surface area contributed by atoms with Gasteiger partial charge in [-0.1, -0.05) is 18.7 Å². The monoisotopic (exact) mass is 195 g/mol. The molecule has 80 valence electrons. The largest absolute Gasteiger partial charge is 0.502 e. The summed E-state index contributed by atoms with van der Waals surface area (Å²) in [5, 5.41) is 3.47. The molecular formula is C12H21NO. The Labute approximate surface area is 87.0 Å². The summed E-state index contributed by atoms with van der Waals surface area (Å²) in [6.07, 6.45) is 11.0. The van der Waals surface area contributed by atoms with E-state index >= 15 is 0 Å². The van der Waals surface area contributed by atoms with Crippen molar-refractivity contribution in [2.24, 2.45) is 5.92 Å². The van der Waals surface area contributed by atoms with Crippen LogP contribution in [0.1, 0.15) is 25.7 Å². The van der Waals surface area contributed by atoms with Gasteiger partial charge in [-0.25, -0.2) is 0 Å². The van der Waals surface area contributed by atoms with Crippen molar-refractivity contribution in [2.75, 3.05) is 19.7 Å². The van der Waals surface area contributed by atoms with Gasteiger partial charge in [0.15, 0.2) is 0 Å². The Morgan fingerprint density at radius 2 is 2.43 bits per heavy atom. The zero-order valence-corrected chi connectivity index (χ0v) is 8.87. The molecule has 0 aromatic heterocycles. The zero-order valence-electron chi connectivity index (χ0n) is 8.87. The number of hydrogen-bond donors (Lipinski definition) is 1. The summed E-state index contributed by atoms with van der Waals surface area (Å²) in [4.78, 5) is 0. The van der Waals surface area contributed by atoms with Crippen LogP contribution in [0.5, 0.6) is 0 Å². The minimum absolute atomic E-state index is 0.779. The van der Waals surface area contributed by atoms with Gasteiger partial charge in [0.05, 0.1) is 12.9 Å². The number of ether oxygens (including phenoxy) is 1. The second-order valence-corrected chi connectivity index (χ2v) is 3.75. The third-order valence-corrected chi connectivity index (χ3v) is 2.54. The average molecular weight is 195 g/mol. The predicted octanol–water partition coefficient (Wildman–Crippen LogP) is 2.48. The van der Waals surface area contributed by atoms with Gasteiger partial charge in [-0.2, -0.15) is 0 Å². The lowest BCUT2D eigenvalue weighted by molar-refractivity contribution is 0.243. The lowest BCUT2D eigenvalue weighted by atomic mass is 9.94. The van der Waals surface area contributed by atoms with Gasteiger partial charge in [0.1, 0.15) is 0 Å². The third kappa shape index (κ3) is 5.07. The van der Waals surface area contributed by atoms with Crippen molar-refractivity contribution < 1.29 is 4.74 Å². The highest BCUT2D eigenvalue weighted by atomic mass is 16.5. The van der Waals surface area contributed by atoms with Gasteiger partial charge < -0.3 is 10.1 Å². The van der Waals surface area contributed by atoms with Crippen molar-refractivity contribution in [3.63, 3.8) is 0 Å². The smallest absolute Gasteiger partial charge is 0.0885 e. The molecule has 0 heterocycles. The molecule has 0 aromatic rings. The molecule has 0 fully saturated rings. The molecule has 0 amide bonds. The van der Waals surface area contributed by atoms with Crippen LogP contribution < -0.4 is 5.32 Å². The fourth-order valence-electron chi connectivity index (χ4n) is 1.71. The van der Waals surface area contributed by atoms with Gasteiger partial charge in [-0.15, -0.1) is 0 Å². The third-order valence-electron chi connectivity index (χ3n) is 2.54. The summed E-state index contributed by atoms with van der Waals surface area (Å²) in [7, 11) is 0. The highest BCUT2D eigenvalue weighted by Crippen LogP contribution is 2.16. The first-order valence-corrected chi connectivity index (χ1v) is 5.51. The molecule has 1 aliphatic rings. The van der Waals surface area contributed by atoms with Crippen LogP contribution in [-0.4, -0.2) is 19.7 Å². The van der Waals surface area contributed by atoms with E-state index in [0.717, 1.165) is 32.0 Å². The van der Waals surface area contributed by atoms with Gasteiger partial charge in [-0.05, 0) is 44.7 Å². The first kappa shape index (κ1) is 11.3. The Kier molecular flexibility index (Phi) is 6.16. The Morgan fingerprint density at radius 3 is 3.14 bits per heavy atom.